The van der Waals surface area contributed by atoms with Crippen molar-refractivity contribution in [2.24, 2.45) is 5.11 Å². The number of hydrogen-bond donors (Lipinski definition) is 3. The number of nitrogens with one attached hydrogen (secondary N) is 3. The standard InChI is InChI=1S/C21H25N7O5/c22-27-25-10-3-1-2-7-16(29)24-12-11-23-14-6-4-5-13-18(14)21(33)28(20(13)32)15-8-9-17(30)26-19(15)31/h4-6,15,23H,1-3,7-12H2,(H,24,29)(H,26,30,31). The minimum atomic E-state index is -1.02. The molecule has 1 aromatic carbocycles. The van der Waals surface area contributed by atoms with Crippen LogP contribution in [-0.4, -0.2) is 60.1 Å². The first-order chi connectivity index (χ1) is 15.9. The fourth-order valence-electron chi connectivity index (χ4n) is 3.84. The Morgan fingerprint density at radius 1 is 1.15 bits per heavy atom. The fraction of sp³-hybridized carbons (Fsp3) is 0.476. The van der Waals surface area contributed by atoms with Gasteiger partial charge in [0.25, 0.3) is 11.8 Å². The average molecular weight is 455 g/mol. The van der Waals surface area contributed by atoms with Gasteiger partial charge in [0.2, 0.25) is 17.7 Å². The highest BCUT2D eigenvalue weighted by molar-refractivity contribution is 6.25. The second kappa shape index (κ2) is 11.1. The van der Waals surface area contributed by atoms with E-state index >= 15 is 0 Å². The summed E-state index contributed by atoms with van der Waals surface area (Å²) in [6.07, 6.45) is 2.74. The Bertz CT molecular complexity index is 1020. The highest BCUT2D eigenvalue weighted by atomic mass is 16.2. The Balaban J connectivity index is 1.51. The number of anilines is 1. The average Bonchev–Trinajstić information content (AvgIpc) is 3.04. The van der Waals surface area contributed by atoms with Crippen molar-refractivity contribution in [1.82, 2.24) is 15.5 Å². The van der Waals surface area contributed by atoms with Gasteiger partial charge in [-0.25, -0.2) is 0 Å². The van der Waals surface area contributed by atoms with Crippen LogP contribution in [0.25, 0.3) is 10.4 Å². The maximum absolute atomic E-state index is 13.0. The fourth-order valence-corrected chi connectivity index (χ4v) is 3.84. The summed E-state index contributed by atoms with van der Waals surface area (Å²) in [5.74, 6) is -2.34. The highest BCUT2D eigenvalue weighted by Gasteiger charge is 2.45. The van der Waals surface area contributed by atoms with Crippen LogP contribution in [0.15, 0.2) is 23.3 Å². The van der Waals surface area contributed by atoms with Gasteiger partial charge in [-0.1, -0.05) is 17.6 Å². The first-order valence-corrected chi connectivity index (χ1v) is 10.8. The van der Waals surface area contributed by atoms with Gasteiger partial charge in [0.15, 0.2) is 0 Å². The molecule has 12 heteroatoms. The molecule has 174 valence electrons. The molecule has 1 fully saturated rings. The molecular formula is C21H25N7O5. The number of imide groups is 2. The zero-order valence-electron chi connectivity index (χ0n) is 18.0. The minimum Gasteiger partial charge on any atom is -0.383 e. The van der Waals surface area contributed by atoms with Crippen molar-refractivity contribution in [2.45, 2.75) is 44.6 Å². The van der Waals surface area contributed by atoms with Gasteiger partial charge in [-0.3, -0.25) is 34.2 Å². The quantitative estimate of drug-likeness (QED) is 0.150. The van der Waals surface area contributed by atoms with Crippen LogP contribution >= 0.6 is 0 Å². The number of unbranched alkanes of at least 4 members (excludes halogenated alkanes) is 2. The molecule has 0 bridgehead atoms. The zero-order chi connectivity index (χ0) is 23.8. The van der Waals surface area contributed by atoms with E-state index in [0.717, 1.165) is 17.7 Å². The first kappa shape index (κ1) is 23.7. The summed E-state index contributed by atoms with van der Waals surface area (Å²) in [7, 11) is 0. The van der Waals surface area contributed by atoms with Crippen LogP contribution < -0.4 is 16.0 Å². The lowest BCUT2D eigenvalue weighted by Crippen LogP contribution is -2.54. The van der Waals surface area contributed by atoms with Gasteiger partial charge in [-0.05, 0) is 36.9 Å². The van der Waals surface area contributed by atoms with Gasteiger partial charge < -0.3 is 10.6 Å². The number of amides is 5. The molecule has 2 heterocycles. The van der Waals surface area contributed by atoms with E-state index in [-0.39, 0.29) is 29.9 Å². The third kappa shape index (κ3) is 5.66. The first-order valence-electron chi connectivity index (χ1n) is 10.8. The molecule has 2 aliphatic heterocycles. The van der Waals surface area contributed by atoms with Crippen molar-refractivity contribution in [1.29, 1.82) is 0 Å². The predicted octanol–water partition coefficient (Wildman–Crippen LogP) is 1.49. The van der Waals surface area contributed by atoms with Crippen molar-refractivity contribution in [2.75, 3.05) is 25.0 Å². The summed E-state index contributed by atoms with van der Waals surface area (Å²) < 4.78 is 0. The molecule has 0 saturated carbocycles. The van der Waals surface area contributed by atoms with E-state index in [1.54, 1.807) is 12.1 Å². The van der Waals surface area contributed by atoms with Crippen molar-refractivity contribution < 1.29 is 24.0 Å². The maximum Gasteiger partial charge on any atom is 0.264 e. The van der Waals surface area contributed by atoms with E-state index in [1.807, 2.05) is 0 Å². The van der Waals surface area contributed by atoms with Crippen LogP contribution in [0.5, 0.6) is 0 Å². The van der Waals surface area contributed by atoms with Gasteiger partial charge in [-0.15, -0.1) is 0 Å². The number of nitrogens with zero attached hydrogens (tertiary/aromatic N) is 4. The molecule has 1 saturated heterocycles. The number of piperidine rings is 1. The van der Waals surface area contributed by atoms with E-state index < -0.39 is 29.7 Å². The van der Waals surface area contributed by atoms with E-state index in [9.17, 15) is 24.0 Å². The van der Waals surface area contributed by atoms with Crippen LogP contribution in [0.3, 0.4) is 0 Å². The van der Waals surface area contributed by atoms with Crippen LogP contribution in [0.1, 0.15) is 59.2 Å². The zero-order valence-corrected chi connectivity index (χ0v) is 18.0. The van der Waals surface area contributed by atoms with E-state index in [2.05, 4.69) is 26.0 Å². The predicted molar refractivity (Wildman–Crippen MR) is 117 cm³/mol. The second-order valence-electron chi connectivity index (χ2n) is 7.72. The molecule has 3 rings (SSSR count). The molecule has 33 heavy (non-hydrogen) atoms. The molecular weight excluding hydrogens is 430 g/mol. The smallest absolute Gasteiger partial charge is 0.264 e. The summed E-state index contributed by atoms with van der Waals surface area (Å²) in [5, 5.41) is 11.5. The number of fused-ring (bicyclic) bond motifs is 1. The van der Waals surface area contributed by atoms with Crippen molar-refractivity contribution >= 4 is 35.2 Å². The SMILES string of the molecule is [N-]=[N+]=NCCCCCC(=O)NCCNc1cccc2c1C(=O)N(C1CCC(=O)NC1=O)C2=O. The maximum atomic E-state index is 13.0. The molecule has 0 radical (unpaired) electrons. The third-order valence-corrected chi connectivity index (χ3v) is 5.46. The Morgan fingerprint density at radius 2 is 1.97 bits per heavy atom. The normalized spacial score (nSPS) is 17.3. The molecule has 0 aliphatic carbocycles. The summed E-state index contributed by atoms with van der Waals surface area (Å²) in [5.41, 5.74) is 9.02. The van der Waals surface area contributed by atoms with E-state index in [4.69, 9.17) is 5.53 Å². The van der Waals surface area contributed by atoms with Gasteiger partial charge in [0.1, 0.15) is 6.04 Å². The lowest BCUT2D eigenvalue weighted by atomic mass is 10.0. The Kier molecular flexibility index (Phi) is 7.98. The molecule has 2 aliphatic rings. The molecule has 3 N–H and O–H groups in total. The van der Waals surface area contributed by atoms with Gasteiger partial charge in [-0.2, -0.15) is 0 Å². The molecule has 1 aromatic rings. The Labute approximate surface area is 189 Å². The topological polar surface area (TPSA) is 173 Å². The van der Waals surface area contributed by atoms with Crippen molar-refractivity contribution in [3.8, 4) is 0 Å². The highest BCUT2D eigenvalue weighted by Crippen LogP contribution is 2.32. The lowest BCUT2D eigenvalue weighted by Gasteiger charge is -2.27. The monoisotopic (exact) mass is 455 g/mol. The van der Waals surface area contributed by atoms with E-state index in [1.165, 1.54) is 6.07 Å². The summed E-state index contributed by atoms with van der Waals surface area (Å²) in [4.78, 5) is 64.9. The van der Waals surface area contributed by atoms with Gasteiger partial charge in [0.05, 0.1) is 11.1 Å². The number of hydrogen-bond acceptors (Lipinski definition) is 7. The van der Waals surface area contributed by atoms with Gasteiger partial charge in [0, 0.05) is 43.1 Å². The van der Waals surface area contributed by atoms with Crippen LogP contribution in [0, 0.1) is 0 Å². The molecule has 1 unspecified atom stereocenters. The number of carbonyl (C=O) groups is 5. The lowest BCUT2D eigenvalue weighted by molar-refractivity contribution is -0.136. The van der Waals surface area contributed by atoms with E-state index in [0.29, 0.717) is 38.2 Å². The number of carbonyl (C=O) groups excluding carboxylic acids is 5. The second-order valence-corrected chi connectivity index (χ2v) is 7.72. The summed E-state index contributed by atoms with van der Waals surface area (Å²) in [6.45, 7) is 1.07. The Morgan fingerprint density at radius 3 is 2.73 bits per heavy atom. The Hall–Kier alpha value is -3.92. The number of rotatable bonds is 11. The molecule has 0 aromatic heterocycles. The van der Waals surface area contributed by atoms with Crippen molar-refractivity contribution in [3.63, 3.8) is 0 Å². The third-order valence-electron chi connectivity index (χ3n) is 5.46. The summed E-state index contributed by atoms with van der Waals surface area (Å²) in [6, 6.07) is 3.80. The van der Waals surface area contributed by atoms with Crippen molar-refractivity contribution in [3.05, 3.63) is 39.8 Å². The number of benzene rings is 1. The molecule has 1 atom stereocenters. The largest absolute Gasteiger partial charge is 0.383 e. The van der Waals surface area contributed by atoms with Crippen LogP contribution in [0.2, 0.25) is 0 Å². The summed E-state index contributed by atoms with van der Waals surface area (Å²) >= 11 is 0. The number of azide groups is 1. The van der Waals surface area contributed by atoms with Gasteiger partial charge >= 0.3 is 0 Å². The minimum absolute atomic E-state index is 0.0580. The van der Waals surface area contributed by atoms with Crippen LogP contribution in [-0.2, 0) is 14.4 Å². The molecule has 5 amide bonds. The van der Waals surface area contributed by atoms with Crippen LogP contribution in [0.4, 0.5) is 5.69 Å². The molecule has 0 spiro atoms. The molecule has 12 nitrogen and oxygen atoms in total.